The van der Waals surface area contributed by atoms with E-state index in [4.69, 9.17) is 0 Å². The van der Waals surface area contributed by atoms with E-state index in [9.17, 15) is 9.18 Å². The van der Waals surface area contributed by atoms with E-state index in [1.54, 1.807) is 17.0 Å². The number of carbonyl (C=O) groups excluding carboxylic acids is 1. The summed E-state index contributed by atoms with van der Waals surface area (Å²) in [5.74, 6) is -0.167. The summed E-state index contributed by atoms with van der Waals surface area (Å²) in [7, 11) is 0. The second-order valence-corrected chi connectivity index (χ2v) is 6.25. The van der Waals surface area contributed by atoms with Crippen molar-refractivity contribution in [2.45, 2.75) is 39.7 Å². The molecular formula is C17H25FN2O. The highest BCUT2D eigenvalue weighted by molar-refractivity contribution is 5.94. The maximum Gasteiger partial charge on any atom is 0.257 e. The number of piperidine rings is 1. The Morgan fingerprint density at radius 1 is 1.48 bits per heavy atom. The first-order chi connectivity index (χ1) is 9.99. The van der Waals surface area contributed by atoms with Gasteiger partial charge in [0, 0.05) is 12.6 Å². The van der Waals surface area contributed by atoms with Gasteiger partial charge < -0.3 is 10.2 Å². The summed E-state index contributed by atoms with van der Waals surface area (Å²) in [6.07, 6.45) is 2.27. The van der Waals surface area contributed by atoms with Crippen molar-refractivity contribution in [3.05, 3.63) is 35.1 Å². The van der Waals surface area contributed by atoms with Crippen molar-refractivity contribution < 1.29 is 9.18 Å². The third kappa shape index (κ3) is 4.03. The standard InChI is InChI=1S/C17H25FN2O/c1-12(2)20(11-14-5-4-8-19-10-14)17(21)15-7-6-13(3)9-16(15)18/h6-7,9,12,14,19H,4-5,8,10-11H2,1-3H3. The van der Waals surface area contributed by atoms with Gasteiger partial charge in [-0.2, -0.15) is 0 Å². The number of hydrogen-bond acceptors (Lipinski definition) is 2. The molecule has 1 aromatic rings. The molecule has 21 heavy (non-hydrogen) atoms. The van der Waals surface area contributed by atoms with Gasteiger partial charge in [-0.15, -0.1) is 0 Å². The number of aryl methyl sites for hydroxylation is 1. The van der Waals surface area contributed by atoms with E-state index in [0.29, 0.717) is 12.5 Å². The van der Waals surface area contributed by atoms with Crippen molar-refractivity contribution in [2.75, 3.05) is 19.6 Å². The fourth-order valence-corrected chi connectivity index (χ4v) is 2.83. The lowest BCUT2D eigenvalue weighted by Crippen LogP contribution is -2.44. The number of carbonyl (C=O) groups is 1. The molecule has 1 aromatic carbocycles. The van der Waals surface area contributed by atoms with Crippen LogP contribution in [-0.4, -0.2) is 36.5 Å². The molecule has 1 atom stereocenters. The molecule has 116 valence electrons. The Hall–Kier alpha value is -1.42. The van der Waals surface area contributed by atoms with Gasteiger partial charge in [-0.25, -0.2) is 4.39 Å². The third-order valence-electron chi connectivity index (χ3n) is 4.09. The number of benzene rings is 1. The summed E-state index contributed by atoms with van der Waals surface area (Å²) in [5, 5.41) is 3.36. The molecule has 3 nitrogen and oxygen atoms in total. The van der Waals surface area contributed by atoms with Gasteiger partial charge in [-0.05, 0) is 70.3 Å². The van der Waals surface area contributed by atoms with Crippen LogP contribution in [0.15, 0.2) is 18.2 Å². The van der Waals surface area contributed by atoms with Crippen LogP contribution in [-0.2, 0) is 0 Å². The van der Waals surface area contributed by atoms with E-state index in [0.717, 1.165) is 31.5 Å². The minimum Gasteiger partial charge on any atom is -0.336 e. The van der Waals surface area contributed by atoms with Gasteiger partial charge >= 0.3 is 0 Å². The van der Waals surface area contributed by atoms with Gasteiger partial charge in [0.2, 0.25) is 0 Å². The largest absolute Gasteiger partial charge is 0.336 e. The Morgan fingerprint density at radius 2 is 2.24 bits per heavy atom. The zero-order chi connectivity index (χ0) is 15.4. The van der Waals surface area contributed by atoms with Crippen molar-refractivity contribution in [3.8, 4) is 0 Å². The van der Waals surface area contributed by atoms with Gasteiger partial charge in [-0.1, -0.05) is 6.07 Å². The average molecular weight is 292 g/mol. The first-order valence-corrected chi connectivity index (χ1v) is 7.77. The molecule has 1 aliphatic heterocycles. The van der Waals surface area contributed by atoms with Crippen molar-refractivity contribution in [1.82, 2.24) is 10.2 Å². The molecule has 1 heterocycles. The van der Waals surface area contributed by atoms with Crippen molar-refractivity contribution in [1.29, 1.82) is 0 Å². The summed E-state index contributed by atoms with van der Waals surface area (Å²) >= 11 is 0. The second-order valence-electron chi connectivity index (χ2n) is 6.25. The van der Waals surface area contributed by atoms with E-state index >= 15 is 0 Å². The summed E-state index contributed by atoms with van der Waals surface area (Å²) in [6, 6.07) is 4.88. The highest BCUT2D eigenvalue weighted by Crippen LogP contribution is 2.18. The summed E-state index contributed by atoms with van der Waals surface area (Å²) in [6.45, 7) is 8.48. The minimum atomic E-state index is -0.424. The Kier molecular flexibility index (Phi) is 5.34. The molecule has 0 spiro atoms. The van der Waals surface area contributed by atoms with Crippen LogP contribution >= 0.6 is 0 Å². The van der Waals surface area contributed by atoms with E-state index in [1.165, 1.54) is 6.07 Å². The van der Waals surface area contributed by atoms with Crippen LogP contribution in [0.1, 0.15) is 42.6 Å². The van der Waals surface area contributed by atoms with Gasteiger partial charge in [0.25, 0.3) is 5.91 Å². The monoisotopic (exact) mass is 292 g/mol. The van der Waals surface area contributed by atoms with E-state index in [-0.39, 0.29) is 17.5 Å². The Balaban J connectivity index is 2.14. The number of nitrogens with one attached hydrogen (secondary N) is 1. The molecule has 0 saturated carbocycles. The second kappa shape index (κ2) is 7.03. The number of hydrogen-bond donors (Lipinski definition) is 1. The zero-order valence-corrected chi connectivity index (χ0v) is 13.2. The highest BCUT2D eigenvalue weighted by Gasteiger charge is 2.25. The maximum absolute atomic E-state index is 14.0. The van der Waals surface area contributed by atoms with Gasteiger partial charge in [-0.3, -0.25) is 4.79 Å². The van der Waals surface area contributed by atoms with Crippen molar-refractivity contribution >= 4 is 5.91 Å². The Morgan fingerprint density at radius 3 is 2.81 bits per heavy atom. The number of rotatable bonds is 4. The number of amides is 1. The molecule has 4 heteroatoms. The molecule has 1 saturated heterocycles. The summed E-state index contributed by atoms with van der Waals surface area (Å²) in [5.41, 5.74) is 1.01. The molecule has 1 unspecified atom stereocenters. The lowest BCUT2D eigenvalue weighted by molar-refractivity contribution is 0.0656. The molecule has 0 aromatic heterocycles. The third-order valence-corrected chi connectivity index (χ3v) is 4.09. The lowest BCUT2D eigenvalue weighted by Gasteiger charge is -2.33. The van der Waals surface area contributed by atoms with Crippen LogP contribution in [0.25, 0.3) is 0 Å². The van der Waals surface area contributed by atoms with Crippen LogP contribution in [0, 0.1) is 18.7 Å². The minimum absolute atomic E-state index is 0.0696. The van der Waals surface area contributed by atoms with Gasteiger partial charge in [0.15, 0.2) is 0 Å². The predicted molar refractivity (Wildman–Crippen MR) is 82.9 cm³/mol. The van der Waals surface area contributed by atoms with Crippen molar-refractivity contribution in [2.24, 2.45) is 5.92 Å². The van der Waals surface area contributed by atoms with Gasteiger partial charge in [0.05, 0.1) is 5.56 Å². The molecular weight excluding hydrogens is 267 g/mol. The molecule has 1 aliphatic rings. The summed E-state index contributed by atoms with van der Waals surface area (Å²) in [4.78, 5) is 14.5. The fourth-order valence-electron chi connectivity index (χ4n) is 2.83. The van der Waals surface area contributed by atoms with Crippen molar-refractivity contribution in [3.63, 3.8) is 0 Å². The smallest absolute Gasteiger partial charge is 0.257 e. The molecule has 1 amide bonds. The normalized spacial score (nSPS) is 18.8. The van der Waals surface area contributed by atoms with E-state index < -0.39 is 5.82 Å². The fraction of sp³-hybridized carbons (Fsp3) is 0.588. The van der Waals surface area contributed by atoms with E-state index in [2.05, 4.69) is 5.32 Å². The zero-order valence-electron chi connectivity index (χ0n) is 13.2. The SMILES string of the molecule is Cc1ccc(C(=O)N(CC2CCCNC2)C(C)C)c(F)c1. The number of halogens is 1. The first kappa shape index (κ1) is 16.0. The molecule has 1 fully saturated rings. The van der Waals surface area contributed by atoms with Crippen LogP contribution in [0.2, 0.25) is 0 Å². The Labute approximate surface area is 126 Å². The molecule has 1 N–H and O–H groups in total. The topological polar surface area (TPSA) is 32.3 Å². The quantitative estimate of drug-likeness (QED) is 0.925. The van der Waals surface area contributed by atoms with Crippen LogP contribution in [0.4, 0.5) is 4.39 Å². The maximum atomic E-state index is 14.0. The Bertz CT molecular complexity index is 496. The lowest BCUT2D eigenvalue weighted by atomic mass is 9.98. The molecule has 2 rings (SSSR count). The van der Waals surface area contributed by atoms with E-state index in [1.807, 2.05) is 20.8 Å². The highest BCUT2D eigenvalue weighted by atomic mass is 19.1. The van der Waals surface area contributed by atoms with Gasteiger partial charge in [0.1, 0.15) is 5.82 Å². The molecule has 0 radical (unpaired) electrons. The average Bonchev–Trinajstić information content (AvgIpc) is 2.45. The number of nitrogens with zero attached hydrogens (tertiary/aromatic N) is 1. The first-order valence-electron chi connectivity index (χ1n) is 7.77. The predicted octanol–water partition coefficient (Wildman–Crippen LogP) is 2.98. The summed E-state index contributed by atoms with van der Waals surface area (Å²) < 4.78 is 14.0. The molecule has 0 bridgehead atoms. The van der Waals surface area contributed by atoms with Crippen LogP contribution in [0.5, 0.6) is 0 Å². The molecule has 0 aliphatic carbocycles. The van der Waals surface area contributed by atoms with Crippen LogP contribution < -0.4 is 5.32 Å². The van der Waals surface area contributed by atoms with Crippen LogP contribution in [0.3, 0.4) is 0 Å².